The summed E-state index contributed by atoms with van der Waals surface area (Å²) in [7, 11) is 0. The fourth-order valence-electron chi connectivity index (χ4n) is 2.91. The van der Waals surface area contributed by atoms with Gasteiger partial charge < -0.3 is 9.67 Å². The number of para-hydroxylation sites is 1. The minimum absolute atomic E-state index is 0.0679. The van der Waals surface area contributed by atoms with Crippen LogP contribution in [0.4, 0.5) is 0 Å². The average Bonchev–Trinajstić information content (AvgIpc) is 3.43. The lowest BCUT2D eigenvalue weighted by atomic mass is 10.2. The highest BCUT2D eigenvalue weighted by Gasteiger charge is 2.30. The van der Waals surface area contributed by atoms with Crippen LogP contribution in [0, 0.1) is 0 Å². The molecule has 0 atom stereocenters. The molecule has 1 fully saturated rings. The third-order valence-electron chi connectivity index (χ3n) is 4.39. The molecule has 0 radical (unpaired) electrons. The Balaban J connectivity index is 1.55. The van der Waals surface area contributed by atoms with Crippen LogP contribution in [0.3, 0.4) is 0 Å². The van der Waals surface area contributed by atoms with Crippen LogP contribution >= 0.6 is 23.2 Å². The summed E-state index contributed by atoms with van der Waals surface area (Å²) in [5, 5.41) is 14.5. The van der Waals surface area contributed by atoms with Gasteiger partial charge in [0, 0.05) is 11.5 Å². The minimum atomic E-state index is -0.297. The average molecular weight is 403 g/mol. The number of benzene rings is 2. The number of rotatable bonds is 5. The molecule has 6 nitrogen and oxygen atoms in total. The van der Waals surface area contributed by atoms with Gasteiger partial charge in [-0.2, -0.15) is 5.10 Å². The van der Waals surface area contributed by atoms with Crippen LogP contribution in [-0.2, 0) is 11.3 Å². The van der Waals surface area contributed by atoms with Gasteiger partial charge in [-0.25, -0.2) is 10.4 Å². The quantitative estimate of drug-likeness (QED) is 0.498. The first kappa shape index (κ1) is 17.8. The number of halogens is 2. The first-order valence-electron chi connectivity index (χ1n) is 8.48. The van der Waals surface area contributed by atoms with Crippen LogP contribution in [0.5, 0.6) is 5.75 Å². The smallest absolute Gasteiger partial charge is 0.260 e. The van der Waals surface area contributed by atoms with Crippen molar-refractivity contribution in [3.05, 3.63) is 57.8 Å². The Labute approximate surface area is 165 Å². The Morgan fingerprint density at radius 2 is 2.04 bits per heavy atom. The van der Waals surface area contributed by atoms with Crippen molar-refractivity contribution in [1.29, 1.82) is 0 Å². The van der Waals surface area contributed by atoms with Gasteiger partial charge >= 0.3 is 0 Å². The van der Waals surface area contributed by atoms with Crippen molar-refractivity contribution in [3.8, 4) is 5.75 Å². The molecule has 0 bridgehead atoms. The fraction of sp³-hybridized carbons (Fsp3) is 0.211. The molecular formula is C19H16Cl2N4O2. The van der Waals surface area contributed by atoms with E-state index in [4.69, 9.17) is 23.2 Å². The van der Waals surface area contributed by atoms with Gasteiger partial charge in [0.1, 0.15) is 18.1 Å². The van der Waals surface area contributed by atoms with Crippen molar-refractivity contribution < 1.29 is 9.90 Å². The number of hydrogen-bond donors (Lipinski definition) is 2. The number of nitrogens with zero attached hydrogens (tertiary/aromatic N) is 3. The van der Waals surface area contributed by atoms with Gasteiger partial charge in [0.05, 0.1) is 27.3 Å². The van der Waals surface area contributed by atoms with Crippen LogP contribution in [0.2, 0.25) is 10.0 Å². The van der Waals surface area contributed by atoms with E-state index < -0.39 is 0 Å². The topological polar surface area (TPSA) is 79.5 Å². The number of nitrogens with one attached hydrogen (secondary N) is 1. The van der Waals surface area contributed by atoms with E-state index >= 15 is 0 Å². The second-order valence-corrected chi connectivity index (χ2v) is 7.25. The van der Waals surface area contributed by atoms with E-state index in [2.05, 4.69) is 15.5 Å². The number of hydrazone groups is 1. The number of imidazole rings is 1. The third-order valence-corrected chi connectivity index (χ3v) is 5.12. The van der Waals surface area contributed by atoms with Crippen molar-refractivity contribution in [2.24, 2.45) is 5.10 Å². The third kappa shape index (κ3) is 3.77. The number of carbonyl (C=O) groups is 1. The summed E-state index contributed by atoms with van der Waals surface area (Å²) < 4.78 is 1.86. The maximum Gasteiger partial charge on any atom is 0.260 e. The summed E-state index contributed by atoms with van der Waals surface area (Å²) in [5.41, 5.74) is 4.49. The number of phenolic OH excluding ortho intramolecular Hbond substituents is 1. The SMILES string of the molecule is O=C(Cn1c(C2CC2)nc2cc(Cl)c(Cl)cc21)N/N=C/c1ccccc1O. The lowest BCUT2D eigenvalue weighted by Gasteiger charge is -2.08. The highest BCUT2D eigenvalue weighted by molar-refractivity contribution is 6.42. The molecule has 0 saturated heterocycles. The Kier molecular flexibility index (Phi) is 4.76. The number of aromatic nitrogens is 2. The van der Waals surface area contributed by atoms with E-state index in [9.17, 15) is 9.90 Å². The van der Waals surface area contributed by atoms with Crippen LogP contribution in [0.15, 0.2) is 41.5 Å². The number of fused-ring (bicyclic) bond motifs is 1. The van der Waals surface area contributed by atoms with Crippen molar-refractivity contribution in [1.82, 2.24) is 15.0 Å². The molecule has 1 heterocycles. The lowest BCUT2D eigenvalue weighted by Crippen LogP contribution is -2.24. The second kappa shape index (κ2) is 7.21. The van der Waals surface area contributed by atoms with E-state index in [0.29, 0.717) is 21.5 Å². The first-order chi connectivity index (χ1) is 13.0. The zero-order valence-corrected chi connectivity index (χ0v) is 15.7. The zero-order chi connectivity index (χ0) is 19.0. The maximum absolute atomic E-state index is 12.4. The molecule has 1 aliphatic carbocycles. The molecule has 27 heavy (non-hydrogen) atoms. The van der Waals surface area contributed by atoms with Gasteiger partial charge in [-0.15, -0.1) is 0 Å². The maximum atomic E-state index is 12.4. The predicted molar refractivity (Wildman–Crippen MR) is 106 cm³/mol. The lowest BCUT2D eigenvalue weighted by molar-refractivity contribution is -0.121. The van der Waals surface area contributed by atoms with E-state index in [1.807, 2.05) is 4.57 Å². The van der Waals surface area contributed by atoms with Gasteiger partial charge in [-0.1, -0.05) is 35.3 Å². The summed E-state index contributed by atoms with van der Waals surface area (Å²) in [6, 6.07) is 10.2. The second-order valence-electron chi connectivity index (χ2n) is 6.44. The van der Waals surface area contributed by atoms with Gasteiger partial charge in [0.25, 0.3) is 5.91 Å². The van der Waals surface area contributed by atoms with E-state index in [0.717, 1.165) is 29.7 Å². The summed E-state index contributed by atoms with van der Waals surface area (Å²) in [5.74, 6) is 1.02. The van der Waals surface area contributed by atoms with Gasteiger partial charge in [-0.3, -0.25) is 4.79 Å². The molecule has 4 rings (SSSR count). The molecule has 2 aromatic carbocycles. The van der Waals surface area contributed by atoms with Gasteiger partial charge in [0.2, 0.25) is 0 Å². The molecule has 0 spiro atoms. The highest BCUT2D eigenvalue weighted by atomic mass is 35.5. The van der Waals surface area contributed by atoms with Crippen molar-refractivity contribution in [2.45, 2.75) is 25.3 Å². The predicted octanol–water partition coefficient (Wildman–Crippen LogP) is 4.08. The molecule has 2 N–H and O–H groups in total. The number of amides is 1. The fourth-order valence-corrected chi connectivity index (χ4v) is 3.22. The molecule has 3 aromatic rings. The number of phenols is 1. The van der Waals surface area contributed by atoms with Crippen molar-refractivity contribution in [3.63, 3.8) is 0 Å². The summed E-state index contributed by atoms with van der Waals surface area (Å²) in [4.78, 5) is 17.0. The van der Waals surface area contributed by atoms with Crippen LogP contribution in [0.25, 0.3) is 11.0 Å². The monoisotopic (exact) mass is 402 g/mol. The van der Waals surface area contributed by atoms with E-state index in [1.54, 1.807) is 36.4 Å². The van der Waals surface area contributed by atoms with Crippen molar-refractivity contribution in [2.75, 3.05) is 0 Å². The molecule has 8 heteroatoms. The molecule has 1 aliphatic rings. The summed E-state index contributed by atoms with van der Waals surface area (Å²) in [6.07, 6.45) is 3.51. The van der Waals surface area contributed by atoms with Crippen LogP contribution in [-0.4, -0.2) is 26.8 Å². The Morgan fingerprint density at radius 1 is 1.30 bits per heavy atom. The van der Waals surface area contributed by atoms with Gasteiger partial charge in [-0.05, 0) is 37.1 Å². The highest BCUT2D eigenvalue weighted by Crippen LogP contribution is 2.41. The Bertz CT molecular complexity index is 1060. The molecule has 1 aromatic heterocycles. The zero-order valence-electron chi connectivity index (χ0n) is 14.2. The molecule has 1 amide bonds. The minimum Gasteiger partial charge on any atom is -0.507 e. The molecule has 138 valence electrons. The normalized spacial score (nSPS) is 14.1. The van der Waals surface area contributed by atoms with Gasteiger partial charge in [0.15, 0.2) is 0 Å². The molecule has 0 unspecified atom stereocenters. The Morgan fingerprint density at radius 3 is 2.78 bits per heavy atom. The Hall–Kier alpha value is -2.57. The van der Waals surface area contributed by atoms with E-state index in [-0.39, 0.29) is 18.2 Å². The largest absolute Gasteiger partial charge is 0.507 e. The van der Waals surface area contributed by atoms with Crippen molar-refractivity contribution >= 4 is 46.4 Å². The molecule has 1 saturated carbocycles. The first-order valence-corrected chi connectivity index (χ1v) is 9.23. The van der Waals surface area contributed by atoms with Crippen LogP contribution in [0.1, 0.15) is 30.1 Å². The molecule has 0 aliphatic heterocycles. The standard InChI is InChI=1S/C19H16Cl2N4O2/c20-13-7-15-16(8-14(13)21)25(19(23-15)11-5-6-11)10-18(27)24-22-9-12-3-1-2-4-17(12)26/h1-4,7-9,11,26H,5-6,10H2,(H,24,27)/b22-9+. The molecular weight excluding hydrogens is 387 g/mol. The number of carbonyl (C=O) groups excluding carboxylic acids is 1. The summed E-state index contributed by atoms with van der Waals surface area (Å²) >= 11 is 12.2. The van der Waals surface area contributed by atoms with E-state index in [1.165, 1.54) is 6.21 Å². The van der Waals surface area contributed by atoms with Crippen LogP contribution < -0.4 is 5.43 Å². The number of aromatic hydroxyl groups is 1. The number of hydrogen-bond acceptors (Lipinski definition) is 4. The summed E-state index contributed by atoms with van der Waals surface area (Å²) in [6.45, 7) is 0.0679.